The van der Waals surface area contributed by atoms with Crippen molar-refractivity contribution in [1.82, 2.24) is 5.43 Å². The molecular weight excluding hydrogens is 248 g/mol. The van der Waals surface area contributed by atoms with Crippen LogP contribution in [0.2, 0.25) is 0 Å². The Morgan fingerprint density at radius 2 is 2.15 bits per heavy atom. The van der Waals surface area contributed by atoms with E-state index in [0.717, 1.165) is 29.9 Å². The summed E-state index contributed by atoms with van der Waals surface area (Å²) in [6.45, 7) is 0. The van der Waals surface area contributed by atoms with E-state index in [9.17, 15) is 0 Å². The summed E-state index contributed by atoms with van der Waals surface area (Å²) in [5.74, 6) is 9.71. The Labute approximate surface area is 120 Å². The van der Waals surface area contributed by atoms with Crippen LogP contribution in [-0.2, 0) is 6.42 Å². The van der Waals surface area contributed by atoms with Crippen molar-refractivity contribution in [2.45, 2.75) is 50.7 Å². The first kappa shape index (κ1) is 12.7. The van der Waals surface area contributed by atoms with Gasteiger partial charge in [-0.1, -0.05) is 24.6 Å². The van der Waals surface area contributed by atoms with Crippen molar-refractivity contribution in [2.24, 2.45) is 23.6 Å². The molecule has 0 radical (unpaired) electrons. The van der Waals surface area contributed by atoms with Gasteiger partial charge in [-0.2, -0.15) is 0 Å². The summed E-state index contributed by atoms with van der Waals surface area (Å²) in [4.78, 5) is 0. The number of hydrogen-bond donors (Lipinski definition) is 2. The zero-order valence-corrected chi connectivity index (χ0v) is 11.9. The van der Waals surface area contributed by atoms with Crippen LogP contribution in [-0.4, -0.2) is 12.1 Å². The molecule has 2 saturated carbocycles. The van der Waals surface area contributed by atoms with Gasteiger partial charge in [0.1, 0.15) is 11.9 Å². The molecule has 3 nitrogen and oxygen atoms in total. The zero-order chi connectivity index (χ0) is 13.5. The summed E-state index contributed by atoms with van der Waals surface area (Å²) in [5, 5.41) is 0. The average molecular weight is 272 g/mol. The minimum absolute atomic E-state index is 0.205. The van der Waals surface area contributed by atoms with E-state index in [-0.39, 0.29) is 12.1 Å². The van der Waals surface area contributed by atoms with Gasteiger partial charge in [0.15, 0.2) is 0 Å². The van der Waals surface area contributed by atoms with Crippen LogP contribution in [0.3, 0.4) is 0 Å². The number of ether oxygens (including phenoxy) is 1. The molecular formula is C17H24N2O. The van der Waals surface area contributed by atoms with Crippen molar-refractivity contribution in [3.63, 3.8) is 0 Å². The molecule has 1 aliphatic heterocycles. The fraction of sp³-hybridized carbons (Fsp3) is 0.647. The average Bonchev–Trinajstić information content (AvgIpc) is 3.18. The van der Waals surface area contributed by atoms with Crippen LogP contribution < -0.4 is 16.0 Å². The second-order valence-corrected chi connectivity index (χ2v) is 6.91. The van der Waals surface area contributed by atoms with E-state index in [1.807, 2.05) is 6.07 Å². The second kappa shape index (κ2) is 5.05. The van der Waals surface area contributed by atoms with Gasteiger partial charge in [0, 0.05) is 6.42 Å². The third-order valence-corrected chi connectivity index (χ3v) is 5.78. The molecule has 20 heavy (non-hydrogen) atoms. The number of hydrogen-bond acceptors (Lipinski definition) is 3. The Morgan fingerprint density at radius 3 is 2.85 bits per heavy atom. The van der Waals surface area contributed by atoms with E-state index >= 15 is 0 Å². The van der Waals surface area contributed by atoms with Gasteiger partial charge >= 0.3 is 0 Å². The highest BCUT2D eigenvalue weighted by Gasteiger charge is 2.41. The lowest BCUT2D eigenvalue weighted by Crippen LogP contribution is -2.47. The van der Waals surface area contributed by atoms with Crippen LogP contribution in [0.25, 0.3) is 0 Å². The Kier molecular flexibility index (Phi) is 3.20. The smallest absolute Gasteiger partial charge is 0.123 e. The fourth-order valence-corrected chi connectivity index (χ4v) is 4.75. The molecule has 1 aromatic carbocycles. The normalized spacial score (nSPS) is 35.9. The second-order valence-electron chi connectivity index (χ2n) is 6.91. The largest absolute Gasteiger partial charge is 0.488 e. The topological polar surface area (TPSA) is 47.3 Å². The highest BCUT2D eigenvalue weighted by atomic mass is 16.5. The molecule has 3 heteroatoms. The molecule has 2 bridgehead atoms. The monoisotopic (exact) mass is 272 g/mol. The molecule has 4 rings (SSSR count). The predicted octanol–water partition coefficient (Wildman–Crippen LogP) is 2.65. The van der Waals surface area contributed by atoms with E-state index in [4.69, 9.17) is 10.6 Å². The maximum Gasteiger partial charge on any atom is 0.123 e. The molecule has 2 aliphatic carbocycles. The Bertz CT molecular complexity index is 465. The number of nitrogens with one attached hydrogen (secondary N) is 1. The van der Waals surface area contributed by atoms with Gasteiger partial charge in [0.2, 0.25) is 0 Å². The fourth-order valence-electron chi connectivity index (χ4n) is 4.75. The molecule has 0 aromatic heterocycles. The van der Waals surface area contributed by atoms with Crippen molar-refractivity contribution >= 4 is 0 Å². The summed E-state index contributed by atoms with van der Waals surface area (Å²) in [5.41, 5.74) is 4.36. The van der Waals surface area contributed by atoms with Crippen molar-refractivity contribution in [3.8, 4) is 5.75 Å². The van der Waals surface area contributed by atoms with Crippen LogP contribution in [0.15, 0.2) is 24.3 Å². The van der Waals surface area contributed by atoms with E-state index in [0.29, 0.717) is 0 Å². The van der Waals surface area contributed by atoms with Crippen LogP contribution >= 0.6 is 0 Å². The molecule has 5 unspecified atom stereocenters. The Morgan fingerprint density at radius 1 is 1.25 bits per heavy atom. The Balaban J connectivity index is 1.42. The number of para-hydroxylation sites is 1. The highest BCUT2D eigenvalue weighted by molar-refractivity contribution is 5.37. The summed E-state index contributed by atoms with van der Waals surface area (Å²) < 4.78 is 6.11. The quantitative estimate of drug-likeness (QED) is 0.654. The van der Waals surface area contributed by atoms with Crippen molar-refractivity contribution < 1.29 is 4.74 Å². The van der Waals surface area contributed by atoms with Crippen molar-refractivity contribution in [2.75, 3.05) is 0 Å². The Hall–Kier alpha value is -1.06. The van der Waals surface area contributed by atoms with Gasteiger partial charge in [0.25, 0.3) is 0 Å². The van der Waals surface area contributed by atoms with Crippen molar-refractivity contribution in [1.29, 1.82) is 0 Å². The molecule has 0 saturated heterocycles. The van der Waals surface area contributed by atoms with Crippen LogP contribution in [0.4, 0.5) is 0 Å². The molecule has 5 atom stereocenters. The first-order chi connectivity index (χ1) is 9.83. The van der Waals surface area contributed by atoms with Crippen LogP contribution in [0.5, 0.6) is 5.75 Å². The molecule has 1 heterocycles. The molecule has 0 spiro atoms. The third kappa shape index (κ3) is 2.13. The molecule has 3 N–H and O–H groups in total. The van der Waals surface area contributed by atoms with Gasteiger partial charge in [-0.3, -0.25) is 11.3 Å². The molecule has 0 amide bonds. The number of benzene rings is 1. The molecule has 108 valence electrons. The number of nitrogens with two attached hydrogens (primary N) is 1. The lowest BCUT2D eigenvalue weighted by atomic mass is 9.83. The minimum atomic E-state index is 0.205. The number of fused-ring (bicyclic) bond motifs is 3. The van der Waals surface area contributed by atoms with Crippen molar-refractivity contribution in [3.05, 3.63) is 29.8 Å². The number of hydrazine groups is 1. The molecule has 1 aromatic rings. The lowest BCUT2D eigenvalue weighted by molar-refractivity contribution is 0.147. The maximum atomic E-state index is 6.11. The minimum Gasteiger partial charge on any atom is -0.488 e. The number of rotatable bonds is 4. The SMILES string of the molecule is NNC(CC1CC2CCC1C2)C1Cc2ccccc2O1. The summed E-state index contributed by atoms with van der Waals surface area (Å²) in [6.07, 6.45) is 8.17. The van der Waals surface area contributed by atoms with Gasteiger partial charge in [-0.15, -0.1) is 0 Å². The van der Waals surface area contributed by atoms with E-state index in [2.05, 4.69) is 23.6 Å². The molecule has 2 fully saturated rings. The van der Waals surface area contributed by atoms with Crippen LogP contribution in [0.1, 0.15) is 37.7 Å². The first-order valence-electron chi connectivity index (χ1n) is 8.04. The van der Waals surface area contributed by atoms with E-state index < -0.39 is 0 Å². The predicted molar refractivity (Wildman–Crippen MR) is 79.2 cm³/mol. The summed E-state index contributed by atoms with van der Waals surface area (Å²) in [6, 6.07) is 8.65. The third-order valence-electron chi connectivity index (χ3n) is 5.78. The first-order valence-corrected chi connectivity index (χ1v) is 8.04. The zero-order valence-electron chi connectivity index (χ0n) is 11.9. The van der Waals surface area contributed by atoms with Crippen LogP contribution in [0, 0.1) is 17.8 Å². The van der Waals surface area contributed by atoms with Gasteiger partial charge < -0.3 is 4.74 Å². The molecule has 3 aliphatic rings. The van der Waals surface area contributed by atoms with E-state index in [1.165, 1.54) is 37.7 Å². The lowest BCUT2D eigenvalue weighted by Gasteiger charge is -2.29. The van der Waals surface area contributed by atoms with Gasteiger partial charge in [-0.25, -0.2) is 0 Å². The standard InChI is InChI=1S/C17H24N2O/c18-19-15(9-14-8-11-5-6-12(14)7-11)17-10-13-3-1-2-4-16(13)20-17/h1-4,11-12,14-15,17,19H,5-10,18H2. The summed E-state index contributed by atoms with van der Waals surface area (Å²) in [7, 11) is 0. The maximum absolute atomic E-state index is 6.11. The summed E-state index contributed by atoms with van der Waals surface area (Å²) >= 11 is 0. The highest BCUT2D eigenvalue weighted by Crippen LogP contribution is 2.50. The van der Waals surface area contributed by atoms with Gasteiger partial charge in [0.05, 0.1) is 6.04 Å². The van der Waals surface area contributed by atoms with E-state index in [1.54, 1.807) is 0 Å². The van der Waals surface area contributed by atoms with Gasteiger partial charge in [-0.05, 0) is 55.1 Å².